The Kier molecular flexibility index (Phi) is 6.22. The van der Waals surface area contributed by atoms with Crippen LogP contribution in [-0.2, 0) is 16.4 Å². The topological polar surface area (TPSA) is 83.8 Å². The first-order valence-electron chi connectivity index (χ1n) is 8.94. The standard InChI is InChI=1S/C19H22ClN3O4S/c1-28(26,27)17-7-8-18(19(13-17)23(24)25)22-10-2-9-21(11-12-22)14-15-3-5-16(20)6-4-15/h3-8,13H,2,9-12,14H2,1H3. The van der Waals surface area contributed by atoms with Crippen molar-refractivity contribution in [2.75, 3.05) is 37.3 Å². The first-order chi connectivity index (χ1) is 13.2. The van der Waals surface area contributed by atoms with Gasteiger partial charge in [0.05, 0.1) is 9.82 Å². The minimum atomic E-state index is -3.50. The third-order valence-electron chi connectivity index (χ3n) is 4.82. The SMILES string of the molecule is CS(=O)(=O)c1ccc(N2CCCN(Cc3ccc(Cl)cc3)CC2)c([N+](=O)[O-])c1. The molecule has 28 heavy (non-hydrogen) atoms. The number of nitro groups is 1. The molecule has 1 saturated heterocycles. The quantitative estimate of drug-likeness (QED) is 0.541. The molecule has 1 aliphatic heterocycles. The van der Waals surface area contributed by atoms with Crippen LogP contribution in [0.2, 0.25) is 5.02 Å². The van der Waals surface area contributed by atoms with Crippen LogP contribution < -0.4 is 4.90 Å². The third kappa shape index (κ3) is 5.01. The minimum absolute atomic E-state index is 0.0397. The Balaban J connectivity index is 1.76. The fourth-order valence-corrected chi connectivity index (χ4v) is 4.13. The molecule has 0 unspecified atom stereocenters. The minimum Gasteiger partial charge on any atom is -0.365 e. The zero-order valence-electron chi connectivity index (χ0n) is 15.5. The van der Waals surface area contributed by atoms with Gasteiger partial charge >= 0.3 is 0 Å². The number of benzene rings is 2. The summed E-state index contributed by atoms with van der Waals surface area (Å²) in [6, 6.07) is 11.9. The van der Waals surface area contributed by atoms with E-state index in [0.29, 0.717) is 23.8 Å². The zero-order chi connectivity index (χ0) is 20.3. The average Bonchev–Trinajstić information content (AvgIpc) is 2.88. The number of sulfone groups is 1. The van der Waals surface area contributed by atoms with E-state index in [1.165, 1.54) is 11.6 Å². The van der Waals surface area contributed by atoms with E-state index in [-0.39, 0.29) is 10.6 Å². The number of rotatable bonds is 5. The van der Waals surface area contributed by atoms with E-state index < -0.39 is 14.8 Å². The summed E-state index contributed by atoms with van der Waals surface area (Å²) in [6.07, 6.45) is 1.91. The van der Waals surface area contributed by atoms with E-state index in [4.69, 9.17) is 11.6 Å². The second-order valence-electron chi connectivity index (χ2n) is 6.92. The van der Waals surface area contributed by atoms with Crippen molar-refractivity contribution in [2.24, 2.45) is 0 Å². The molecule has 0 atom stereocenters. The van der Waals surface area contributed by atoms with Gasteiger partial charge in [0, 0.05) is 50.1 Å². The highest BCUT2D eigenvalue weighted by Crippen LogP contribution is 2.31. The van der Waals surface area contributed by atoms with Crippen LogP contribution in [0.5, 0.6) is 0 Å². The monoisotopic (exact) mass is 423 g/mol. The van der Waals surface area contributed by atoms with Gasteiger partial charge in [-0.2, -0.15) is 0 Å². The zero-order valence-corrected chi connectivity index (χ0v) is 17.1. The van der Waals surface area contributed by atoms with Crippen LogP contribution in [0.25, 0.3) is 0 Å². The Bertz CT molecular complexity index is 964. The summed E-state index contributed by atoms with van der Waals surface area (Å²) in [5.41, 5.74) is 1.46. The van der Waals surface area contributed by atoms with Gasteiger partial charge in [-0.05, 0) is 36.2 Å². The van der Waals surface area contributed by atoms with Crippen molar-refractivity contribution in [1.82, 2.24) is 4.90 Å². The van der Waals surface area contributed by atoms with Crippen molar-refractivity contribution >= 4 is 32.8 Å². The first-order valence-corrected chi connectivity index (χ1v) is 11.2. The molecular weight excluding hydrogens is 402 g/mol. The Morgan fingerprint density at radius 3 is 2.43 bits per heavy atom. The summed E-state index contributed by atoms with van der Waals surface area (Å²) in [7, 11) is -3.50. The second kappa shape index (κ2) is 8.46. The first kappa shape index (κ1) is 20.6. The molecule has 1 fully saturated rings. The molecule has 3 rings (SSSR count). The van der Waals surface area contributed by atoms with Crippen molar-refractivity contribution in [3.05, 3.63) is 63.2 Å². The maximum absolute atomic E-state index is 11.7. The Hall–Kier alpha value is -2.16. The predicted octanol–water partition coefficient (Wildman–Crippen LogP) is 3.36. The molecular formula is C19H22ClN3O4S. The highest BCUT2D eigenvalue weighted by molar-refractivity contribution is 7.90. The number of anilines is 1. The maximum Gasteiger partial charge on any atom is 0.293 e. The lowest BCUT2D eigenvalue weighted by Crippen LogP contribution is -2.30. The molecule has 0 aliphatic carbocycles. The average molecular weight is 424 g/mol. The van der Waals surface area contributed by atoms with Gasteiger partial charge in [0.25, 0.3) is 5.69 Å². The van der Waals surface area contributed by atoms with Crippen LogP contribution in [0.1, 0.15) is 12.0 Å². The van der Waals surface area contributed by atoms with Crippen molar-refractivity contribution in [2.45, 2.75) is 17.9 Å². The lowest BCUT2D eigenvalue weighted by Gasteiger charge is -2.23. The molecule has 1 heterocycles. The van der Waals surface area contributed by atoms with Crippen molar-refractivity contribution < 1.29 is 13.3 Å². The van der Waals surface area contributed by atoms with E-state index in [1.807, 2.05) is 29.2 Å². The summed E-state index contributed by atoms with van der Waals surface area (Å²) in [6.45, 7) is 3.74. The molecule has 150 valence electrons. The van der Waals surface area contributed by atoms with Crippen molar-refractivity contribution in [1.29, 1.82) is 0 Å². The molecule has 2 aromatic rings. The molecule has 0 saturated carbocycles. The fraction of sp³-hybridized carbons (Fsp3) is 0.368. The van der Waals surface area contributed by atoms with Crippen LogP contribution in [-0.4, -0.2) is 50.7 Å². The van der Waals surface area contributed by atoms with E-state index in [9.17, 15) is 18.5 Å². The third-order valence-corrected chi connectivity index (χ3v) is 6.18. The molecule has 2 aromatic carbocycles. The van der Waals surface area contributed by atoms with Gasteiger partial charge in [-0.3, -0.25) is 15.0 Å². The lowest BCUT2D eigenvalue weighted by molar-refractivity contribution is -0.384. The molecule has 0 amide bonds. The van der Waals surface area contributed by atoms with Gasteiger partial charge in [-0.15, -0.1) is 0 Å². The van der Waals surface area contributed by atoms with Crippen LogP contribution in [0.4, 0.5) is 11.4 Å². The Morgan fingerprint density at radius 2 is 1.79 bits per heavy atom. The highest BCUT2D eigenvalue weighted by atomic mass is 35.5. The second-order valence-corrected chi connectivity index (χ2v) is 9.38. The van der Waals surface area contributed by atoms with E-state index in [1.54, 1.807) is 6.07 Å². The predicted molar refractivity (Wildman–Crippen MR) is 110 cm³/mol. The molecule has 7 nitrogen and oxygen atoms in total. The van der Waals surface area contributed by atoms with Gasteiger partial charge in [0.15, 0.2) is 9.84 Å². The summed E-state index contributed by atoms with van der Waals surface area (Å²) < 4.78 is 23.5. The van der Waals surface area contributed by atoms with Gasteiger partial charge in [-0.1, -0.05) is 23.7 Å². The Labute approximate surface area is 169 Å². The fourth-order valence-electron chi connectivity index (χ4n) is 3.37. The van der Waals surface area contributed by atoms with Gasteiger partial charge in [0.1, 0.15) is 5.69 Å². The Morgan fingerprint density at radius 1 is 1.07 bits per heavy atom. The summed E-state index contributed by atoms with van der Waals surface area (Å²) in [5, 5.41) is 12.2. The van der Waals surface area contributed by atoms with Crippen LogP contribution in [0, 0.1) is 10.1 Å². The molecule has 0 bridgehead atoms. The molecule has 1 aliphatic rings. The molecule has 0 N–H and O–H groups in total. The van der Waals surface area contributed by atoms with Crippen molar-refractivity contribution in [3.63, 3.8) is 0 Å². The normalized spacial score (nSPS) is 16.0. The van der Waals surface area contributed by atoms with Gasteiger partial charge in [0.2, 0.25) is 0 Å². The molecule has 9 heteroatoms. The summed E-state index contributed by atoms with van der Waals surface area (Å²) >= 11 is 5.93. The maximum atomic E-state index is 11.7. The number of hydrogen-bond acceptors (Lipinski definition) is 6. The van der Waals surface area contributed by atoms with Crippen LogP contribution in [0.15, 0.2) is 47.4 Å². The number of halogens is 1. The molecule has 0 spiro atoms. The van der Waals surface area contributed by atoms with Gasteiger partial charge < -0.3 is 4.90 Å². The van der Waals surface area contributed by atoms with E-state index >= 15 is 0 Å². The smallest absolute Gasteiger partial charge is 0.293 e. The number of hydrogen-bond donors (Lipinski definition) is 0. The van der Waals surface area contributed by atoms with Crippen LogP contribution >= 0.6 is 11.6 Å². The lowest BCUT2D eigenvalue weighted by atomic mass is 10.2. The summed E-state index contributed by atoms with van der Waals surface area (Å²) in [5.74, 6) is 0. The van der Waals surface area contributed by atoms with Crippen LogP contribution in [0.3, 0.4) is 0 Å². The largest absolute Gasteiger partial charge is 0.365 e. The number of nitrogens with zero attached hydrogens (tertiary/aromatic N) is 3. The summed E-state index contributed by atoms with van der Waals surface area (Å²) in [4.78, 5) is 15.2. The van der Waals surface area contributed by atoms with Crippen molar-refractivity contribution in [3.8, 4) is 0 Å². The highest BCUT2D eigenvalue weighted by Gasteiger charge is 2.24. The van der Waals surface area contributed by atoms with Gasteiger partial charge in [-0.25, -0.2) is 8.42 Å². The van der Waals surface area contributed by atoms with E-state index in [2.05, 4.69) is 4.90 Å². The number of nitro benzene ring substituents is 1. The molecule has 0 aromatic heterocycles. The van der Waals surface area contributed by atoms with E-state index in [0.717, 1.165) is 38.4 Å². The molecule has 0 radical (unpaired) electrons.